The van der Waals surface area contributed by atoms with Crippen molar-refractivity contribution < 1.29 is 0 Å². The molecule has 1 saturated heterocycles. The molecule has 0 amide bonds. The molecule has 72 valence electrons. The van der Waals surface area contributed by atoms with Gasteiger partial charge in [0.25, 0.3) is 0 Å². The monoisotopic (exact) mass is 171 g/mol. The number of rotatable bonds is 3. The van der Waals surface area contributed by atoms with E-state index in [-0.39, 0.29) is 5.54 Å². The molecule has 1 fully saturated rings. The summed E-state index contributed by atoms with van der Waals surface area (Å²) in [5, 5.41) is 6.79. The lowest BCUT2D eigenvalue weighted by molar-refractivity contribution is 0.362. The normalized spacial score (nSPS) is 31.0. The molecule has 0 bridgehead atoms. The van der Waals surface area contributed by atoms with Gasteiger partial charge in [0.1, 0.15) is 0 Å². The van der Waals surface area contributed by atoms with Crippen LogP contribution in [0, 0.1) is 0 Å². The second kappa shape index (κ2) is 3.73. The van der Waals surface area contributed by atoms with E-state index in [1.807, 2.05) is 7.05 Å². The van der Waals surface area contributed by atoms with Crippen molar-refractivity contribution in [3.8, 4) is 0 Å². The molecule has 0 saturated carbocycles. The van der Waals surface area contributed by atoms with Crippen LogP contribution in [0.5, 0.6) is 0 Å². The molecule has 1 aliphatic rings. The highest BCUT2D eigenvalue weighted by atomic mass is 15.1. The first-order valence-corrected chi connectivity index (χ1v) is 4.72. The Morgan fingerprint density at radius 1 is 1.58 bits per heavy atom. The summed E-state index contributed by atoms with van der Waals surface area (Å²) in [5.41, 5.74) is 5.91. The van der Waals surface area contributed by atoms with Crippen molar-refractivity contribution in [3.63, 3.8) is 0 Å². The van der Waals surface area contributed by atoms with Gasteiger partial charge in [-0.3, -0.25) is 0 Å². The second-order valence-corrected chi connectivity index (χ2v) is 4.44. The number of nitrogens with two attached hydrogens (primary N) is 1. The maximum Gasteiger partial charge on any atom is 0.0238 e. The first-order chi connectivity index (χ1) is 5.53. The lowest BCUT2D eigenvalue weighted by Crippen LogP contribution is -2.46. The molecule has 0 spiro atoms. The maximum absolute atomic E-state index is 5.96. The molecule has 0 aromatic heterocycles. The van der Waals surface area contributed by atoms with Gasteiger partial charge in [0, 0.05) is 17.6 Å². The largest absolute Gasteiger partial charge is 0.326 e. The maximum atomic E-state index is 5.96. The molecule has 3 nitrogen and oxygen atoms in total. The van der Waals surface area contributed by atoms with Crippen molar-refractivity contribution in [2.75, 3.05) is 13.6 Å². The third-order valence-corrected chi connectivity index (χ3v) is 2.46. The summed E-state index contributed by atoms with van der Waals surface area (Å²) in [6.45, 7) is 5.28. The third-order valence-electron chi connectivity index (χ3n) is 2.46. The van der Waals surface area contributed by atoms with Crippen LogP contribution in [0.25, 0.3) is 0 Å². The summed E-state index contributed by atoms with van der Waals surface area (Å²) in [7, 11) is 2.02. The van der Waals surface area contributed by atoms with Gasteiger partial charge in [-0.2, -0.15) is 0 Å². The van der Waals surface area contributed by atoms with Crippen LogP contribution in [0.2, 0.25) is 0 Å². The van der Waals surface area contributed by atoms with Gasteiger partial charge in [-0.15, -0.1) is 0 Å². The number of nitrogens with one attached hydrogen (secondary N) is 2. The molecule has 1 aliphatic heterocycles. The molecular weight excluding hydrogens is 150 g/mol. The van der Waals surface area contributed by atoms with Crippen LogP contribution in [0.3, 0.4) is 0 Å². The fourth-order valence-electron chi connectivity index (χ4n) is 1.89. The van der Waals surface area contributed by atoms with Crippen LogP contribution in [-0.4, -0.2) is 31.2 Å². The number of hydrogen-bond acceptors (Lipinski definition) is 3. The van der Waals surface area contributed by atoms with Crippen molar-refractivity contribution in [2.45, 2.75) is 44.3 Å². The van der Waals surface area contributed by atoms with Gasteiger partial charge in [0.2, 0.25) is 0 Å². The molecule has 0 aliphatic carbocycles. The van der Waals surface area contributed by atoms with E-state index >= 15 is 0 Å². The summed E-state index contributed by atoms with van der Waals surface area (Å²) in [4.78, 5) is 0. The Morgan fingerprint density at radius 2 is 2.25 bits per heavy atom. The smallest absolute Gasteiger partial charge is 0.0238 e. The van der Waals surface area contributed by atoms with Gasteiger partial charge in [-0.05, 0) is 40.3 Å². The SMILES string of the molecule is CNC1CCNC1CC(C)(C)N. The van der Waals surface area contributed by atoms with Gasteiger partial charge >= 0.3 is 0 Å². The lowest BCUT2D eigenvalue weighted by atomic mass is 9.93. The molecular formula is C9H21N3. The summed E-state index contributed by atoms with van der Waals surface area (Å²) in [5.74, 6) is 0. The summed E-state index contributed by atoms with van der Waals surface area (Å²) in [6, 6.07) is 1.16. The van der Waals surface area contributed by atoms with Gasteiger partial charge in [0.15, 0.2) is 0 Å². The average molecular weight is 171 g/mol. The Hall–Kier alpha value is -0.120. The fourth-order valence-corrected chi connectivity index (χ4v) is 1.89. The zero-order chi connectivity index (χ0) is 9.19. The Kier molecular flexibility index (Phi) is 3.09. The zero-order valence-corrected chi connectivity index (χ0v) is 8.35. The van der Waals surface area contributed by atoms with Crippen molar-refractivity contribution >= 4 is 0 Å². The van der Waals surface area contributed by atoms with Crippen LogP contribution in [0.15, 0.2) is 0 Å². The van der Waals surface area contributed by atoms with E-state index in [0.29, 0.717) is 12.1 Å². The first kappa shape index (κ1) is 9.96. The highest BCUT2D eigenvalue weighted by Gasteiger charge is 2.29. The van der Waals surface area contributed by atoms with Crippen LogP contribution in [0.4, 0.5) is 0 Å². The minimum absolute atomic E-state index is 0.0584. The summed E-state index contributed by atoms with van der Waals surface area (Å²) in [6.07, 6.45) is 2.26. The van der Waals surface area contributed by atoms with Crippen LogP contribution in [-0.2, 0) is 0 Å². The second-order valence-electron chi connectivity index (χ2n) is 4.44. The topological polar surface area (TPSA) is 50.1 Å². The highest BCUT2D eigenvalue weighted by Crippen LogP contribution is 2.16. The van der Waals surface area contributed by atoms with Gasteiger partial charge < -0.3 is 16.4 Å². The van der Waals surface area contributed by atoms with E-state index < -0.39 is 0 Å². The number of hydrogen-bond donors (Lipinski definition) is 3. The van der Waals surface area contributed by atoms with Gasteiger partial charge in [-0.25, -0.2) is 0 Å². The minimum Gasteiger partial charge on any atom is -0.326 e. The van der Waals surface area contributed by atoms with Crippen molar-refractivity contribution in [2.24, 2.45) is 5.73 Å². The molecule has 0 aromatic rings. The summed E-state index contributed by atoms with van der Waals surface area (Å²) >= 11 is 0. The van der Waals surface area contributed by atoms with Crippen LogP contribution in [0.1, 0.15) is 26.7 Å². The van der Waals surface area contributed by atoms with E-state index in [0.717, 1.165) is 13.0 Å². The van der Waals surface area contributed by atoms with Crippen molar-refractivity contribution in [1.82, 2.24) is 10.6 Å². The molecule has 2 unspecified atom stereocenters. The molecule has 1 heterocycles. The quantitative estimate of drug-likeness (QED) is 0.563. The van der Waals surface area contributed by atoms with Crippen LogP contribution < -0.4 is 16.4 Å². The van der Waals surface area contributed by atoms with Crippen LogP contribution >= 0.6 is 0 Å². The molecule has 3 heteroatoms. The lowest BCUT2D eigenvalue weighted by Gasteiger charge is -2.27. The van der Waals surface area contributed by atoms with E-state index in [1.54, 1.807) is 0 Å². The molecule has 0 aromatic carbocycles. The predicted octanol–water partition coefficient (Wildman–Crippen LogP) is 0.0637. The fraction of sp³-hybridized carbons (Fsp3) is 1.00. The van der Waals surface area contributed by atoms with Gasteiger partial charge in [0.05, 0.1) is 0 Å². The first-order valence-electron chi connectivity index (χ1n) is 4.72. The number of likely N-dealkylation sites (N-methyl/N-ethyl adjacent to an activating group) is 1. The summed E-state index contributed by atoms with van der Waals surface area (Å²) < 4.78 is 0. The van der Waals surface area contributed by atoms with Crippen molar-refractivity contribution in [1.29, 1.82) is 0 Å². The Balaban J connectivity index is 2.41. The van der Waals surface area contributed by atoms with Gasteiger partial charge in [-0.1, -0.05) is 0 Å². The average Bonchev–Trinajstić information content (AvgIpc) is 2.31. The molecule has 1 rings (SSSR count). The van der Waals surface area contributed by atoms with Crippen molar-refractivity contribution in [3.05, 3.63) is 0 Å². The molecule has 4 N–H and O–H groups in total. The third kappa shape index (κ3) is 2.73. The Labute approximate surface area is 75.1 Å². The molecule has 0 radical (unpaired) electrons. The Bertz CT molecular complexity index is 139. The highest BCUT2D eigenvalue weighted by molar-refractivity contribution is 4.93. The Morgan fingerprint density at radius 3 is 2.75 bits per heavy atom. The molecule has 2 atom stereocenters. The minimum atomic E-state index is -0.0584. The van der Waals surface area contributed by atoms with E-state index in [1.165, 1.54) is 6.42 Å². The predicted molar refractivity (Wildman–Crippen MR) is 52.1 cm³/mol. The standard InChI is InChI=1S/C9H21N3/c1-9(2,10)6-8-7(11-3)4-5-12-8/h7-8,11-12H,4-6,10H2,1-3H3. The zero-order valence-electron chi connectivity index (χ0n) is 8.35. The molecule has 12 heavy (non-hydrogen) atoms. The van der Waals surface area contributed by atoms with E-state index in [9.17, 15) is 0 Å². The van der Waals surface area contributed by atoms with E-state index in [2.05, 4.69) is 24.5 Å². The van der Waals surface area contributed by atoms with E-state index in [4.69, 9.17) is 5.73 Å².